The third kappa shape index (κ3) is 3.30. The van der Waals surface area contributed by atoms with Gasteiger partial charge < -0.3 is 0 Å². The van der Waals surface area contributed by atoms with Gasteiger partial charge in [0.25, 0.3) is 0 Å². The van der Waals surface area contributed by atoms with Crippen LogP contribution in [-0.2, 0) is 4.79 Å². The molecule has 0 N–H and O–H groups in total. The Kier molecular flexibility index (Phi) is 5.63. The third-order valence-corrected chi connectivity index (χ3v) is 4.68. The molecule has 0 unspecified atom stereocenters. The van der Waals surface area contributed by atoms with Crippen molar-refractivity contribution in [3.05, 3.63) is 90.7 Å². The van der Waals surface area contributed by atoms with Gasteiger partial charge in [0.1, 0.15) is 0 Å². The van der Waals surface area contributed by atoms with Gasteiger partial charge in [0, 0.05) is 17.5 Å². The van der Waals surface area contributed by atoms with E-state index >= 15 is 0 Å². The summed E-state index contributed by atoms with van der Waals surface area (Å²) in [4.78, 5) is 14.7. The van der Waals surface area contributed by atoms with Gasteiger partial charge in [0.2, 0.25) is 5.91 Å². The Morgan fingerprint density at radius 3 is 2.24 bits per heavy atom. The standard InChI is InChI=1S/C21H21NO.C2H6/c1-5-7-17(6-2)19-14-22(18-10-8-15(3)9-11-18)20(23)21(12-13-21)16(19)4;1-2/h5-11,14H,1-2,4,12-13H2,3H3;1-2H3/b17-7+;. The maximum Gasteiger partial charge on any atom is 0.241 e. The number of carbonyl (C=O) groups excluding carboxylic acids is 1. The third-order valence-electron chi connectivity index (χ3n) is 4.68. The molecule has 1 aromatic carbocycles. The molecule has 1 aromatic rings. The number of aryl methyl sites for hydroxylation is 1. The summed E-state index contributed by atoms with van der Waals surface area (Å²) in [5, 5.41) is 0. The number of carbonyl (C=O) groups is 1. The summed E-state index contributed by atoms with van der Waals surface area (Å²) in [5.74, 6) is 0.122. The topological polar surface area (TPSA) is 20.3 Å². The van der Waals surface area contributed by atoms with E-state index in [4.69, 9.17) is 0 Å². The van der Waals surface area contributed by atoms with Crippen LogP contribution >= 0.6 is 0 Å². The van der Waals surface area contributed by atoms with Gasteiger partial charge in [-0.1, -0.05) is 69.5 Å². The average Bonchev–Trinajstić information content (AvgIpc) is 3.43. The summed E-state index contributed by atoms with van der Waals surface area (Å²) in [6.07, 6.45) is 9.04. The molecular weight excluding hydrogens is 306 g/mol. The van der Waals surface area contributed by atoms with Crippen LogP contribution in [0.25, 0.3) is 0 Å². The number of amides is 1. The second-order valence-electron chi connectivity index (χ2n) is 6.18. The minimum atomic E-state index is -0.432. The number of allylic oxidation sites excluding steroid dienone is 5. The Morgan fingerprint density at radius 1 is 1.16 bits per heavy atom. The molecule has 0 bridgehead atoms. The van der Waals surface area contributed by atoms with Gasteiger partial charge in [0.15, 0.2) is 0 Å². The lowest BCUT2D eigenvalue weighted by molar-refractivity contribution is -0.122. The van der Waals surface area contributed by atoms with Gasteiger partial charge in [-0.15, -0.1) is 0 Å². The highest BCUT2D eigenvalue weighted by molar-refractivity contribution is 6.06. The second kappa shape index (κ2) is 7.52. The Labute approximate surface area is 151 Å². The number of benzene rings is 1. The zero-order valence-corrected chi connectivity index (χ0v) is 15.5. The molecule has 2 heteroatoms. The molecule has 1 heterocycles. The van der Waals surface area contributed by atoms with Gasteiger partial charge >= 0.3 is 0 Å². The van der Waals surface area contributed by atoms with Crippen molar-refractivity contribution in [3.8, 4) is 0 Å². The molecule has 2 nitrogen and oxygen atoms in total. The number of hydrogen-bond donors (Lipinski definition) is 0. The highest BCUT2D eigenvalue weighted by Gasteiger charge is 2.56. The maximum atomic E-state index is 13.0. The van der Waals surface area contributed by atoms with E-state index in [1.165, 1.54) is 5.56 Å². The summed E-state index contributed by atoms with van der Waals surface area (Å²) >= 11 is 0. The molecule has 130 valence electrons. The van der Waals surface area contributed by atoms with Crippen LogP contribution in [0.15, 0.2) is 85.1 Å². The Morgan fingerprint density at radius 2 is 1.76 bits per heavy atom. The van der Waals surface area contributed by atoms with Crippen LogP contribution in [0.3, 0.4) is 0 Å². The van der Waals surface area contributed by atoms with Crippen molar-refractivity contribution in [1.82, 2.24) is 0 Å². The largest absolute Gasteiger partial charge is 0.286 e. The fourth-order valence-corrected chi connectivity index (χ4v) is 3.06. The maximum absolute atomic E-state index is 13.0. The molecule has 1 amide bonds. The first-order valence-corrected chi connectivity index (χ1v) is 8.81. The van der Waals surface area contributed by atoms with E-state index in [-0.39, 0.29) is 5.91 Å². The number of nitrogens with zero attached hydrogens (tertiary/aromatic N) is 1. The SMILES string of the molecule is C=C/C=C(\C=C)C1=CN(c2ccc(C)cc2)C(=O)C2(CC2)C1=C.CC. The van der Waals surface area contributed by atoms with E-state index in [1.807, 2.05) is 57.3 Å². The van der Waals surface area contributed by atoms with E-state index in [0.717, 1.165) is 35.2 Å². The normalized spacial score (nSPS) is 18.3. The molecule has 1 saturated carbocycles. The predicted octanol–water partition coefficient (Wildman–Crippen LogP) is 5.89. The zero-order chi connectivity index (χ0) is 18.6. The lowest BCUT2D eigenvalue weighted by Gasteiger charge is -2.33. The molecule has 1 aliphatic heterocycles. The number of anilines is 1. The minimum Gasteiger partial charge on any atom is -0.286 e. The molecule has 0 atom stereocenters. The quantitative estimate of drug-likeness (QED) is 0.629. The van der Waals surface area contributed by atoms with Gasteiger partial charge in [-0.05, 0) is 43.0 Å². The number of rotatable bonds is 4. The zero-order valence-electron chi connectivity index (χ0n) is 15.5. The summed E-state index contributed by atoms with van der Waals surface area (Å²) in [6.45, 7) is 17.9. The van der Waals surface area contributed by atoms with E-state index in [2.05, 4.69) is 19.7 Å². The highest BCUT2D eigenvalue weighted by Crippen LogP contribution is 2.58. The Bertz CT molecular complexity index is 758. The Balaban J connectivity index is 0.00000109. The van der Waals surface area contributed by atoms with Crippen LogP contribution in [0.1, 0.15) is 32.3 Å². The lowest BCUT2D eigenvalue weighted by Crippen LogP contribution is -2.39. The summed E-state index contributed by atoms with van der Waals surface area (Å²) in [7, 11) is 0. The first kappa shape index (κ1) is 18.7. The monoisotopic (exact) mass is 333 g/mol. The molecular formula is C23H27NO. The predicted molar refractivity (Wildman–Crippen MR) is 107 cm³/mol. The van der Waals surface area contributed by atoms with E-state index in [9.17, 15) is 4.79 Å². The molecule has 1 spiro atoms. The van der Waals surface area contributed by atoms with Crippen molar-refractivity contribution in [2.24, 2.45) is 5.41 Å². The van der Waals surface area contributed by atoms with Crippen molar-refractivity contribution in [3.63, 3.8) is 0 Å². The Hall–Kier alpha value is -2.61. The van der Waals surface area contributed by atoms with E-state index in [0.29, 0.717) is 0 Å². The van der Waals surface area contributed by atoms with Crippen molar-refractivity contribution in [2.45, 2.75) is 33.6 Å². The van der Waals surface area contributed by atoms with E-state index < -0.39 is 5.41 Å². The van der Waals surface area contributed by atoms with Crippen molar-refractivity contribution in [1.29, 1.82) is 0 Å². The average molecular weight is 333 g/mol. The van der Waals surface area contributed by atoms with Crippen LogP contribution in [0, 0.1) is 12.3 Å². The lowest BCUT2D eigenvalue weighted by atomic mass is 9.83. The molecule has 0 aromatic heterocycles. The van der Waals surface area contributed by atoms with Crippen molar-refractivity contribution < 1.29 is 4.79 Å². The molecule has 25 heavy (non-hydrogen) atoms. The van der Waals surface area contributed by atoms with Crippen LogP contribution in [0.2, 0.25) is 0 Å². The van der Waals surface area contributed by atoms with Crippen molar-refractivity contribution >= 4 is 11.6 Å². The first-order valence-electron chi connectivity index (χ1n) is 8.81. The molecule has 0 saturated heterocycles. The van der Waals surface area contributed by atoms with Gasteiger partial charge in [-0.3, -0.25) is 9.69 Å². The molecule has 2 aliphatic rings. The summed E-state index contributed by atoms with van der Waals surface area (Å²) in [5.41, 5.74) is 4.45. The molecule has 0 radical (unpaired) electrons. The fraction of sp³-hybridized carbons (Fsp3) is 0.261. The van der Waals surface area contributed by atoms with Crippen molar-refractivity contribution in [2.75, 3.05) is 4.90 Å². The van der Waals surface area contributed by atoms with Crippen LogP contribution in [-0.4, -0.2) is 5.91 Å². The van der Waals surface area contributed by atoms with Crippen LogP contribution in [0.4, 0.5) is 5.69 Å². The second-order valence-corrected chi connectivity index (χ2v) is 6.18. The van der Waals surface area contributed by atoms with Crippen LogP contribution in [0.5, 0.6) is 0 Å². The smallest absolute Gasteiger partial charge is 0.241 e. The minimum absolute atomic E-state index is 0.122. The number of hydrogen-bond acceptors (Lipinski definition) is 1. The molecule has 1 aliphatic carbocycles. The highest BCUT2D eigenvalue weighted by atomic mass is 16.2. The van der Waals surface area contributed by atoms with Gasteiger partial charge in [-0.25, -0.2) is 0 Å². The fourth-order valence-electron chi connectivity index (χ4n) is 3.06. The summed E-state index contributed by atoms with van der Waals surface area (Å²) < 4.78 is 0. The summed E-state index contributed by atoms with van der Waals surface area (Å²) in [6, 6.07) is 8.01. The molecule has 1 fully saturated rings. The first-order chi connectivity index (χ1) is 12.0. The van der Waals surface area contributed by atoms with Gasteiger partial charge in [0.05, 0.1) is 5.41 Å². The van der Waals surface area contributed by atoms with Crippen LogP contribution < -0.4 is 4.90 Å². The van der Waals surface area contributed by atoms with Gasteiger partial charge in [-0.2, -0.15) is 0 Å². The van der Waals surface area contributed by atoms with E-state index in [1.54, 1.807) is 17.1 Å². The molecule has 3 rings (SSSR count).